The molecule has 0 amide bonds. The molecule has 1 atom stereocenters. The van der Waals surface area contributed by atoms with Crippen LogP contribution in [0.3, 0.4) is 0 Å². The van der Waals surface area contributed by atoms with Crippen LogP contribution < -0.4 is 0 Å². The highest BCUT2D eigenvalue weighted by molar-refractivity contribution is 5.98. The second-order valence-electron chi connectivity index (χ2n) is 5.21. The van der Waals surface area contributed by atoms with E-state index < -0.39 is 0 Å². The summed E-state index contributed by atoms with van der Waals surface area (Å²) in [6, 6.07) is 17.7. The summed E-state index contributed by atoms with van der Waals surface area (Å²) < 4.78 is 0. The minimum atomic E-state index is 0.504. The van der Waals surface area contributed by atoms with Gasteiger partial charge in [-0.15, -0.1) is 0 Å². The van der Waals surface area contributed by atoms with Crippen LogP contribution in [0.4, 0.5) is 0 Å². The normalized spacial score (nSPS) is 18.1. The predicted octanol–water partition coefficient (Wildman–Crippen LogP) is 5.04. The first-order valence-electron chi connectivity index (χ1n) is 6.55. The van der Waals surface area contributed by atoms with E-state index in [1.807, 2.05) is 0 Å². The smallest absolute Gasteiger partial charge is 0.00758 e. The zero-order valence-corrected chi connectivity index (χ0v) is 11.2. The Morgan fingerprint density at radius 2 is 1.50 bits per heavy atom. The lowest BCUT2D eigenvalue weighted by Crippen LogP contribution is -1.93. The average Bonchev–Trinajstić information content (AvgIpc) is 2.64. The van der Waals surface area contributed by atoms with Crippen LogP contribution in [0.15, 0.2) is 48.5 Å². The number of rotatable bonds is 1. The van der Waals surface area contributed by atoms with Crippen molar-refractivity contribution < 1.29 is 0 Å². The summed E-state index contributed by atoms with van der Waals surface area (Å²) >= 11 is 0. The lowest BCUT2D eigenvalue weighted by Gasteiger charge is -2.12. The zero-order chi connectivity index (χ0) is 12.7. The molecule has 0 nitrogen and oxygen atoms in total. The number of hydrogen-bond acceptors (Lipinski definition) is 0. The molecule has 1 aliphatic carbocycles. The summed E-state index contributed by atoms with van der Waals surface area (Å²) in [6.45, 7) is 6.69. The van der Waals surface area contributed by atoms with Gasteiger partial charge in [0.25, 0.3) is 0 Å². The summed E-state index contributed by atoms with van der Waals surface area (Å²) in [7, 11) is 0. The van der Waals surface area contributed by atoms with Gasteiger partial charge in [0.2, 0.25) is 0 Å². The molecule has 1 unspecified atom stereocenters. The van der Waals surface area contributed by atoms with E-state index in [0.29, 0.717) is 5.92 Å². The van der Waals surface area contributed by atoms with Gasteiger partial charge < -0.3 is 0 Å². The third kappa shape index (κ3) is 1.60. The summed E-state index contributed by atoms with van der Waals surface area (Å²) in [5.74, 6) is 0.504. The number of aryl methyl sites for hydroxylation is 1. The van der Waals surface area contributed by atoms with Crippen molar-refractivity contribution in [2.45, 2.75) is 26.7 Å². The molecule has 0 saturated carbocycles. The number of hydrogen-bond donors (Lipinski definition) is 0. The van der Waals surface area contributed by atoms with E-state index in [-0.39, 0.29) is 0 Å². The molecule has 0 fully saturated rings. The van der Waals surface area contributed by atoms with Crippen LogP contribution in [0.5, 0.6) is 0 Å². The molecule has 0 heterocycles. The van der Waals surface area contributed by atoms with E-state index in [9.17, 15) is 0 Å². The van der Waals surface area contributed by atoms with E-state index in [0.717, 1.165) is 0 Å². The zero-order valence-electron chi connectivity index (χ0n) is 11.2. The largest absolute Gasteiger partial charge is 0.0619 e. The van der Waals surface area contributed by atoms with Crippen molar-refractivity contribution in [1.29, 1.82) is 0 Å². The van der Waals surface area contributed by atoms with E-state index in [1.165, 1.54) is 33.4 Å². The highest BCUT2D eigenvalue weighted by Crippen LogP contribution is 2.46. The Morgan fingerprint density at radius 1 is 0.833 bits per heavy atom. The Hall–Kier alpha value is -1.82. The molecule has 0 N–H and O–H groups in total. The van der Waals surface area contributed by atoms with Gasteiger partial charge in [-0.05, 0) is 41.7 Å². The predicted molar refractivity (Wildman–Crippen MR) is 78.5 cm³/mol. The first-order chi connectivity index (χ1) is 8.68. The van der Waals surface area contributed by atoms with Crippen molar-refractivity contribution in [1.82, 2.24) is 0 Å². The lowest BCUT2D eigenvalue weighted by molar-refractivity contribution is 1.01. The van der Waals surface area contributed by atoms with Crippen LogP contribution in [0.25, 0.3) is 11.1 Å². The second-order valence-corrected chi connectivity index (χ2v) is 5.21. The molecule has 0 bridgehead atoms. The Bertz CT molecular complexity index is 615. The standard InChI is InChI=1S/C18H18/c1-12-8-10-15(11-9-12)18-13(2)16-6-4-5-7-17(16)14(18)3/h4-11,13H,1-3H3. The van der Waals surface area contributed by atoms with Crippen LogP contribution in [0, 0.1) is 6.92 Å². The van der Waals surface area contributed by atoms with E-state index in [1.54, 1.807) is 0 Å². The van der Waals surface area contributed by atoms with E-state index >= 15 is 0 Å². The third-order valence-electron chi connectivity index (χ3n) is 4.03. The van der Waals surface area contributed by atoms with Gasteiger partial charge in [-0.2, -0.15) is 0 Å². The van der Waals surface area contributed by atoms with Crippen LogP contribution in [0.2, 0.25) is 0 Å². The van der Waals surface area contributed by atoms with Crippen LogP contribution in [-0.2, 0) is 0 Å². The minimum Gasteiger partial charge on any atom is -0.0619 e. The minimum absolute atomic E-state index is 0.504. The van der Waals surface area contributed by atoms with E-state index in [4.69, 9.17) is 0 Å². The Morgan fingerprint density at radius 3 is 2.17 bits per heavy atom. The van der Waals surface area contributed by atoms with Gasteiger partial charge in [0.15, 0.2) is 0 Å². The quantitative estimate of drug-likeness (QED) is 0.648. The van der Waals surface area contributed by atoms with Crippen molar-refractivity contribution in [3.8, 4) is 0 Å². The fraction of sp³-hybridized carbons (Fsp3) is 0.222. The topological polar surface area (TPSA) is 0 Å². The molecule has 2 aromatic carbocycles. The van der Waals surface area contributed by atoms with Gasteiger partial charge in [0.05, 0.1) is 0 Å². The highest BCUT2D eigenvalue weighted by Gasteiger charge is 2.25. The Kier molecular flexibility index (Phi) is 2.59. The number of fused-ring (bicyclic) bond motifs is 1. The molecular weight excluding hydrogens is 216 g/mol. The maximum atomic E-state index is 2.31. The molecule has 0 heteroatoms. The average molecular weight is 234 g/mol. The molecule has 3 rings (SSSR count). The maximum absolute atomic E-state index is 2.31. The summed E-state index contributed by atoms with van der Waals surface area (Å²) in [5.41, 5.74) is 8.48. The van der Waals surface area contributed by atoms with Crippen LogP contribution in [0.1, 0.15) is 42.0 Å². The molecular formula is C18H18. The summed E-state index contributed by atoms with van der Waals surface area (Å²) in [5, 5.41) is 0. The van der Waals surface area contributed by atoms with Gasteiger partial charge in [-0.3, -0.25) is 0 Å². The fourth-order valence-corrected chi connectivity index (χ4v) is 3.04. The molecule has 18 heavy (non-hydrogen) atoms. The van der Waals surface area contributed by atoms with Crippen molar-refractivity contribution in [2.24, 2.45) is 0 Å². The van der Waals surface area contributed by atoms with Crippen LogP contribution in [-0.4, -0.2) is 0 Å². The van der Waals surface area contributed by atoms with E-state index in [2.05, 4.69) is 69.3 Å². The first-order valence-corrected chi connectivity index (χ1v) is 6.55. The van der Waals surface area contributed by atoms with Crippen molar-refractivity contribution in [2.75, 3.05) is 0 Å². The number of benzene rings is 2. The second kappa shape index (κ2) is 4.13. The molecule has 1 aliphatic rings. The van der Waals surface area contributed by atoms with Gasteiger partial charge in [0.1, 0.15) is 0 Å². The van der Waals surface area contributed by atoms with Gasteiger partial charge in [-0.25, -0.2) is 0 Å². The van der Waals surface area contributed by atoms with Gasteiger partial charge >= 0.3 is 0 Å². The summed E-state index contributed by atoms with van der Waals surface area (Å²) in [6.07, 6.45) is 0. The highest BCUT2D eigenvalue weighted by atomic mass is 14.3. The molecule has 0 spiro atoms. The van der Waals surface area contributed by atoms with Crippen molar-refractivity contribution in [3.63, 3.8) is 0 Å². The fourth-order valence-electron chi connectivity index (χ4n) is 3.04. The molecule has 0 aliphatic heterocycles. The molecule has 0 radical (unpaired) electrons. The van der Waals surface area contributed by atoms with Gasteiger partial charge in [0, 0.05) is 5.92 Å². The molecule has 0 saturated heterocycles. The monoisotopic (exact) mass is 234 g/mol. The van der Waals surface area contributed by atoms with Crippen LogP contribution >= 0.6 is 0 Å². The van der Waals surface area contributed by atoms with Crippen molar-refractivity contribution >= 4 is 11.1 Å². The SMILES string of the molecule is CC1=C(c2ccc(C)cc2)C(C)c2ccccc21. The molecule has 0 aromatic heterocycles. The molecule has 2 aromatic rings. The Labute approximate surface area is 109 Å². The Balaban J connectivity index is 2.15. The lowest BCUT2D eigenvalue weighted by atomic mass is 9.92. The third-order valence-corrected chi connectivity index (χ3v) is 4.03. The molecule has 90 valence electrons. The maximum Gasteiger partial charge on any atom is 0.00758 e. The number of allylic oxidation sites excluding steroid dienone is 2. The van der Waals surface area contributed by atoms with Crippen molar-refractivity contribution in [3.05, 3.63) is 70.8 Å². The summed E-state index contributed by atoms with van der Waals surface area (Å²) in [4.78, 5) is 0. The first kappa shape index (κ1) is 11.3. The van der Waals surface area contributed by atoms with Gasteiger partial charge in [-0.1, -0.05) is 61.0 Å².